The molecule has 0 aliphatic heterocycles. The number of benzene rings is 2. The van der Waals surface area contributed by atoms with Crippen LogP contribution in [0.5, 0.6) is 5.75 Å². The largest absolute Gasteiger partial charge is 0.487 e. The first-order valence-electron chi connectivity index (χ1n) is 5.28. The van der Waals surface area contributed by atoms with Crippen molar-refractivity contribution in [2.24, 2.45) is 0 Å². The number of ether oxygens (including phenoxy) is 1. The molecule has 2 nitrogen and oxygen atoms in total. The fraction of sp³-hybridized carbons (Fsp3) is 0.143. The minimum Gasteiger partial charge on any atom is -0.487 e. The fourth-order valence-corrected chi connectivity index (χ4v) is 1.57. The lowest BCUT2D eigenvalue weighted by atomic mass is 10.1. The van der Waals surface area contributed by atoms with Gasteiger partial charge in [-0.3, -0.25) is 0 Å². The highest BCUT2D eigenvalue weighted by molar-refractivity contribution is 5.51. The third-order valence-electron chi connectivity index (χ3n) is 2.40. The highest BCUT2D eigenvalue weighted by Crippen LogP contribution is 2.21. The minimum absolute atomic E-state index is 0.551. The number of hydrogen-bond acceptors (Lipinski definition) is 2. The summed E-state index contributed by atoms with van der Waals surface area (Å²) in [5, 5.41) is 0. The molecule has 16 heavy (non-hydrogen) atoms. The van der Waals surface area contributed by atoms with Gasteiger partial charge in [-0.2, -0.15) is 0 Å². The van der Waals surface area contributed by atoms with Gasteiger partial charge >= 0.3 is 0 Å². The zero-order chi connectivity index (χ0) is 11.4. The number of rotatable bonds is 3. The van der Waals surface area contributed by atoms with E-state index in [2.05, 4.69) is 19.1 Å². The molecule has 0 atom stereocenters. The molecule has 0 aromatic heterocycles. The van der Waals surface area contributed by atoms with Gasteiger partial charge in [-0.05, 0) is 24.6 Å². The SMILES string of the molecule is Cc1cccc(COc2ccccc2N)c1. The minimum atomic E-state index is 0.551. The van der Waals surface area contributed by atoms with Crippen LogP contribution in [0.1, 0.15) is 11.1 Å². The molecular formula is C14H15NO. The van der Waals surface area contributed by atoms with E-state index in [4.69, 9.17) is 10.5 Å². The third-order valence-corrected chi connectivity index (χ3v) is 2.40. The fourth-order valence-electron chi connectivity index (χ4n) is 1.57. The van der Waals surface area contributed by atoms with E-state index in [1.807, 2.05) is 36.4 Å². The Bertz CT molecular complexity index is 480. The van der Waals surface area contributed by atoms with Crippen LogP contribution in [-0.4, -0.2) is 0 Å². The van der Waals surface area contributed by atoms with Crippen molar-refractivity contribution in [3.8, 4) is 5.75 Å². The summed E-state index contributed by atoms with van der Waals surface area (Å²) >= 11 is 0. The van der Waals surface area contributed by atoms with E-state index in [1.54, 1.807) is 0 Å². The number of aryl methyl sites for hydroxylation is 1. The molecule has 0 amide bonds. The van der Waals surface area contributed by atoms with Crippen molar-refractivity contribution in [3.63, 3.8) is 0 Å². The maximum Gasteiger partial charge on any atom is 0.142 e. The molecule has 2 aromatic rings. The maximum absolute atomic E-state index is 5.79. The summed E-state index contributed by atoms with van der Waals surface area (Å²) in [6.45, 7) is 2.62. The molecule has 0 saturated heterocycles. The summed E-state index contributed by atoms with van der Waals surface area (Å²) in [7, 11) is 0. The normalized spacial score (nSPS) is 10.1. The Labute approximate surface area is 95.7 Å². The van der Waals surface area contributed by atoms with Crippen LogP contribution in [0, 0.1) is 6.92 Å². The second-order valence-electron chi connectivity index (χ2n) is 3.82. The highest BCUT2D eigenvalue weighted by Gasteiger charge is 1.99. The molecule has 82 valence electrons. The van der Waals surface area contributed by atoms with Gasteiger partial charge in [0.15, 0.2) is 0 Å². The summed E-state index contributed by atoms with van der Waals surface area (Å²) < 4.78 is 5.65. The van der Waals surface area contributed by atoms with E-state index in [0.29, 0.717) is 12.3 Å². The van der Waals surface area contributed by atoms with E-state index < -0.39 is 0 Å². The molecule has 0 aliphatic carbocycles. The zero-order valence-corrected chi connectivity index (χ0v) is 9.31. The smallest absolute Gasteiger partial charge is 0.142 e. The van der Waals surface area contributed by atoms with Crippen LogP contribution in [0.2, 0.25) is 0 Å². The van der Waals surface area contributed by atoms with Gasteiger partial charge in [-0.25, -0.2) is 0 Å². The first kappa shape index (κ1) is 10.6. The summed E-state index contributed by atoms with van der Waals surface area (Å²) in [6, 6.07) is 15.8. The van der Waals surface area contributed by atoms with Gasteiger partial charge in [-0.1, -0.05) is 42.0 Å². The van der Waals surface area contributed by atoms with Crippen LogP contribution in [0.25, 0.3) is 0 Å². The molecule has 0 saturated carbocycles. The van der Waals surface area contributed by atoms with E-state index in [0.717, 1.165) is 11.3 Å². The monoisotopic (exact) mass is 213 g/mol. The second-order valence-corrected chi connectivity index (χ2v) is 3.82. The van der Waals surface area contributed by atoms with Crippen molar-refractivity contribution in [2.45, 2.75) is 13.5 Å². The number of nitrogens with two attached hydrogens (primary N) is 1. The highest BCUT2D eigenvalue weighted by atomic mass is 16.5. The molecule has 0 fully saturated rings. The van der Waals surface area contributed by atoms with Crippen molar-refractivity contribution in [2.75, 3.05) is 5.73 Å². The van der Waals surface area contributed by atoms with Crippen LogP contribution < -0.4 is 10.5 Å². The van der Waals surface area contributed by atoms with Crippen molar-refractivity contribution in [1.29, 1.82) is 0 Å². The van der Waals surface area contributed by atoms with E-state index in [9.17, 15) is 0 Å². The van der Waals surface area contributed by atoms with Gasteiger partial charge < -0.3 is 10.5 Å². The van der Waals surface area contributed by atoms with Crippen LogP contribution >= 0.6 is 0 Å². The standard InChI is InChI=1S/C14H15NO/c1-11-5-4-6-12(9-11)10-16-14-8-3-2-7-13(14)15/h2-9H,10,15H2,1H3. The summed E-state index contributed by atoms with van der Waals surface area (Å²) in [5.74, 6) is 0.740. The Morgan fingerprint density at radius 2 is 1.88 bits per heavy atom. The molecule has 0 bridgehead atoms. The quantitative estimate of drug-likeness (QED) is 0.795. The molecule has 0 unspecified atom stereocenters. The van der Waals surface area contributed by atoms with Gasteiger partial charge in [-0.15, -0.1) is 0 Å². The van der Waals surface area contributed by atoms with Crippen molar-refractivity contribution in [3.05, 3.63) is 59.7 Å². The maximum atomic E-state index is 5.79. The Hall–Kier alpha value is -1.96. The van der Waals surface area contributed by atoms with Crippen LogP contribution in [0.15, 0.2) is 48.5 Å². The summed E-state index contributed by atoms with van der Waals surface area (Å²) in [5.41, 5.74) is 8.86. The lowest BCUT2D eigenvalue weighted by Gasteiger charge is -2.08. The topological polar surface area (TPSA) is 35.2 Å². The number of nitrogen functional groups attached to an aromatic ring is 1. The first-order valence-corrected chi connectivity index (χ1v) is 5.28. The third kappa shape index (κ3) is 2.54. The summed E-state index contributed by atoms with van der Waals surface area (Å²) in [6.07, 6.45) is 0. The van der Waals surface area contributed by atoms with Crippen LogP contribution in [0.4, 0.5) is 5.69 Å². The van der Waals surface area contributed by atoms with Gasteiger partial charge in [0.2, 0.25) is 0 Å². The average Bonchev–Trinajstić information content (AvgIpc) is 2.28. The van der Waals surface area contributed by atoms with E-state index in [1.165, 1.54) is 5.56 Å². The Balaban J connectivity index is 2.05. The lowest BCUT2D eigenvalue weighted by Crippen LogP contribution is -1.98. The van der Waals surface area contributed by atoms with Gasteiger partial charge in [0.25, 0.3) is 0 Å². The molecule has 0 spiro atoms. The van der Waals surface area contributed by atoms with Gasteiger partial charge in [0, 0.05) is 0 Å². The van der Waals surface area contributed by atoms with Gasteiger partial charge in [0.05, 0.1) is 5.69 Å². The molecular weight excluding hydrogens is 198 g/mol. The molecule has 0 radical (unpaired) electrons. The predicted molar refractivity (Wildman–Crippen MR) is 66.4 cm³/mol. The first-order chi connectivity index (χ1) is 7.75. The zero-order valence-electron chi connectivity index (χ0n) is 9.31. The average molecular weight is 213 g/mol. The van der Waals surface area contributed by atoms with E-state index >= 15 is 0 Å². The molecule has 2 aromatic carbocycles. The van der Waals surface area contributed by atoms with E-state index in [-0.39, 0.29) is 0 Å². The number of para-hydroxylation sites is 2. The lowest BCUT2D eigenvalue weighted by molar-refractivity contribution is 0.308. The number of anilines is 1. The Kier molecular flexibility index (Phi) is 3.10. The molecule has 2 rings (SSSR count). The number of hydrogen-bond donors (Lipinski definition) is 1. The predicted octanol–water partition coefficient (Wildman–Crippen LogP) is 3.16. The van der Waals surface area contributed by atoms with Crippen molar-refractivity contribution in [1.82, 2.24) is 0 Å². The molecule has 2 heteroatoms. The second kappa shape index (κ2) is 4.71. The van der Waals surface area contributed by atoms with Crippen LogP contribution in [-0.2, 0) is 6.61 Å². The molecule has 0 heterocycles. The van der Waals surface area contributed by atoms with Gasteiger partial charge in [0.1, 0.15) is 12.4 Å². The van der Waals surface area contributed by atoms with Crippen molar-refractivity contribution < 1.29 is 4.74 Å². The summed E-state index contributed by atoms with van der Waals surface area (Å²) in [4.78, 5) is 0. The Morgan fingerprint density at radius 1 is 1.06 bits per heavy atom. The molecule has 2 N–H and O–H groups in total. The van der Waals surface area contributed by atoms with Crippen molar-refractivity contribution >= 4 is 5.69 Å². The van der Waals surface area contributed by atoms with Crippen LogP contribution in [0.3, 0.4) is 0 Å². The Morgan fingerprint density at radius 3 is 2.62 bits per heavy atom. The molecule has 0 aliphatic rings.